The van der Waals surface area contributed by atoms with E-state index in [2.05, 4.69) is 26.6 Å². The Morgan fingerprint density at radius 1 is 1.13 bits per heavy atom. The second-order valence-corrected chi connectivity index (χ2v) is 7.03. The Balaban J connectivity index is 0.00000320. The number of ether oxygens (including phenoxy) is 2. The Morgan fingerprint density at radius 2 is 1.87 bits per heavy atom. The highest BCUT2D eigenvalue weighted by molar-refractivity contribution is 14.0. The molecule has 1 aliphatic rings. The van der Waals surface area contributed by atoms with Crippen LogP contribution < -0.4 is 20.1 Å². The number of nitrogens with zero attached hydrogens (tertiary/aromatic N) is 2. The van der Waals surface area contributed by atoms with Crippen LogP contribution in [0, 0.1) is 0 Å². The van der Waals surface area contributed by atoms with Gasteiger partial charge in [-0.2, -0.15) is 0 Å². The molecule has 1 unspecified atom stereocenters. The van der Waals surface area contributed by atoms with Crippen molar-refractivity contribution in [2.75, 3.05) is 46.9 Å². The summed E-state index contributed by atoms with van der Waals surface area (Å²) in [6, 6.07) is 11.9. The molecule has 0 amide bonds. The molecule has 0 spiro atoms. The van der Waals surface area contributed by atoms with Crippen LogP contribution in [0.5, 0.6) is 11.5 Å². The minimum absolute atomic E-state index is 0. The van der Waals surface area contributed by atoms with Crippen molar-refractivity contribution in [2.24, 2.45) is 4.99 Å². The first-order valence-electron chi connectivity index (χ1n) is 10.3. The van der Waals surface area contributed by atoms with Gasteiger partial charge in [-0.1, -0.05) is 0 Å². The molecule has 0 radical (unpaired) electrons. The molecule has 1 aromatic heterocycles. The summed E-state index contributed by atoms with van der Waals surface area (Å²) in [4.78, 5) is 6.81. The Hall–Kier alpha value is -1.94. The van der Waals surface area contributed by atoms with E-state index in [9.17, 15) is 0 Å². The highest BCUT2D eigenvalue weighted by Crippen LogP contribution is 2.24. The van der Waals surface area contributed by atoms with Gasteiger partial charge in [0.25, 0.3) is 0 Å². The highest BCUT2D eigenvalue weighted by atomic mass is 127. The third kappa shape index (κ3) is 7.39. The zero-order valence-electron chi connectivity index (χ0n) is 17.8. The van der Waals surface area contributed by atoms with Gasteiger partial charge in [-0.15, -0.1) is 24.0 Å². The summed E-state index contributed by atoms with van der Waals surface area (Å²) in [5.74, 6) is 3.48. The lowest BCUT2D eigenvalue weighted by molar-refractivity contribution is 0.215. The van der Waals surface area contributed by atoms with Gasteiger partial charge in [0.1, 0.15) is 17.3 Å². The summed E-state index contributed by atoms with van der Waals surface area (Å²) < 4.78 is 16.6. The van der Waals surface area contributed by atoms with Gasteiger partial charge in [-0.25, -0.2) is 0 Å². The molecule has 3 rings (SSSR count). The van der Waals surface area contributed by atoms with Crippen molar-refractivity contribution in [1.29, 1.82) is 0 Å². The van der Waals surface area contributed by atoms with Crippen LogP contribution in [0.3, 0.4) is 0 Å². The van der Waals surface area contributed by atoms with Gasteiger partial charge in [-0.05, 0) is 68.8 Å². The number of hydrogen-bond acceptors (Lipinski definition) is 5. The standard InChI is InChI=1S/C22H32N4O3.HI/c1-23-22(24-12-6-16-28-19-10-8-18(27-2)9-11-19)25-17-20(21-7-5-15-29-21)26-13-3-4-14-26;/h5,7-11,15,20H,3-4,6,12-14,16-17H2,1-2H3,(H2,23,24,25);1H. The molecule has 1 atom stereocenters. The average Bonchev–Trinajstić information content (AvgIpc) is 3.47. The molecular weight excluding hydrogens is 495 g/mol. The van der Waals surface area contributed by atoms with E-state index < -0.39 is 0 Å². The Bertz CT molecular complexity index is 731. The molecule has 0 aliphatic carbocycles. The van der Waals surface area contributed by atoms with E-state index >= 15 is 0 Å². The fraction of sp³-hybridized carbons (Fsp3) is 0.500. The lowest BCUT2D eigenvalue weighted by Gasteiger charge is -2.26. The summed E-state index contributed by atoms with van der Waals surface area (Å²) in [6.07, 6.45) is 5.12. The third-order valence-electron chi connectivity index (χ3n) is 5.08. The molecule has 1 fully saturated rings. The quantitative estimate of drug-likeness (QED) is 0.212. The molecule has 1 aliphatic heterocycles. The number of hydrogen-bond donors (Lipinski definition) is 2. The van der Waals surface area contributed by atoms with Gasteiger partial charge >= 0.3 is 0 Å². The number of nitrogens with one attached hydrogen (secondary N) is 2. The summed E-state index contributed by atoms with van der Waals surface area (Å²) >= 11 is 0. The maximum atomic E-state index is 5.76. The van der Waals surface area contributed by atoms with E-state index in [0.29, 0.717) is 6.61 Å². The van der Waals surface area contributed by atoms with Crippen LogP contribution in [0.4, 0.5) is 0 Å². The predicted octanol–water partition coefficient (Wildman–Crippen LogP) is 3.68. The predicted molar refractivity (Wildman–Crippen MR) is 130 cm³/mol. The second kappa shape index (κ2) is 13.4. The van der Waals surface area contributed by atoms with Crippen LogP contribution in [0.15, 0.2) is 52.1 Å². The van der Waals surface area contributed by atoms with Gasteiger partial charge in [0.2, 0.25) is 0 Å². The van der Waals surface area contributed by atoms with Crippen molar-refractivity contribution in [3.8, 4) is 11.5 Å². The van der Waals surface area contributed by atoms with Crippen LogP contribution >= 0.6 is 24.0 Å². The number of aliphatic imine (C=N–C) groups is 1. The maximum absolute atomic E-state index is 5.76. The van der Waals surface area contributed by atoms with E-state index in [0.717, 1.165) is 55.8 Å². The van der Waals surface area contributed by atoms with E-state index in [1.165, 1.54) is 12.8 Å². The minimum Gasteiger partial charge on any atom is -0.497 e. The summed E-state index contributed by atoms with van der Waals surface area (Å²) in [7, 11) is 3.45. The molecule has 0 saturated carbocycles. The first kappa shape index (κ1) is 24.3. The molecule has 2 heterocycles. The normalized spacial score (nSPS) is 15.3. The monoisotopic (exact) mass is 528 g/mol. The molecule has 7 nitrogen and oxygen atoms in total. The Labute approximate surface area is 196 Å². The number of likely N-dealkylation sites (tertiary alicyclic amines) is 1. The molecule has 30 heavy (non-hydrogen) atoms. The number of halogens is 1. The molecule has 1 aromatic carbocycles. The van der Waals surface area contributed by atoms with Crippen molar-refractivity contribution in [1.82, 2.24) is 15.5 Å². The van der Waals surface area contributed by atoms with Crippen molar-refractivity contribution >= 4 is 29.9 Å². The van der Waals surface area contributed by atoms with Gasteiger partial charge in [0.15, 0.2) is 5.96 Å². The van der Waals surface area contributed by atoms with Crippen LogP contribution in [-0.4, -0.2) is 57.8 Å². The van der Waals surface area contributed by atoms with E-state index in [4.69, 9.17) is 13.9 Å². The number of methoxy groups -OCH3 is 1. The summed E-state index contributed by atoms with van der Waals surface area (Å²) in [5.41, 5.74) is 0. The first-order chi connectivity index (χ1) is 14.3. The fourth-order valence-corrected chi connectivity index (χ4v) is 3.50. The number of furan rings is 1. The third-order valence-corrected chi connectivity index (χ3v) is 5.08. The zero-order chi connectivity index (χ0) is 20.3. The highest BCUT2D eigenvalue weighted by Gasteiger charge is 2.25. The molecular formula is C22H33IN4O3. The molecule has 2 aromatic rings. The summed E-state index contributed by atoms with van der Waals surface area (Å²) in [6.45, 7) is 4.41. The first-order valence-corrected chi connectivity index (χ1v) is 10.3. The van der Waals surface area contributed by atoms with Gasteiger partial charge in [0.05, 0.1) is 26.0 Å². The molecule has 0 bridgehead atoms. The van der Waals surface area contributed by atoms with Gasteiger partial charge in [0, 0.05) is 20.1 Å². The summed E-state index contributed by atoms with van der Waals surface area (Å²) in [5, 5.41) is 6.79. The largest absolute Gasteiger partial charge is 0.497 e. The number of rotatable bonds is 10. The molecule has 2 N–H and O–H groups in total. The molecule has 1 saturated heterocycles. The Morgan fingerprint density at radius 3 is 2.50 bits per heavy atom. The van der Waals surface area contributed by atoms with E-state index in [-0.39, 0.29) is 30.0 Å². The van der Waals surface area contributed by atoms with Crippen LogP contribution in [0.1, 0.15) is 31.1 Å². The SMILES string of the molecule is CN=C(NCCCOc1ccc(OC)cc1)NCC(c1ccco1)N1CCCC1.I. The van der Waals surface area contributed by atoms with Crippen molar-refractivity contribution < 1.29 is 13.9 Å². The van der Waals surface area contributed by atoms with Crippen molar-refractivity contribution in [3.63, 3.8) is 0 Å². The molecule has 8 heteroatoms. The topological polar surface area (TPSA) is 71.3 Å². The van der Waals surface area contributed by atoms with Crippen molar-refractivity contribution in [3.05, 3.63) is 48.4 Å². The second-order valence-electron chi connectivity index (χ2n) is 7.03. The average molecular weight is 528 g/mol. The van der Waals surface area contributed by atoms with Gasteiger partial charge in [-0.3, -0.25) is 9.89 Å². The number of benzene rings is 1. The fourth-order valence-electron chi connectivity index (χ4n) is 3.50. The molecule has 166 valence electrons. The van der Waals surface area contributed by atoms with E-state index in [1.54, 1.807) is 20.4 Å². The van der Waals surface area contributed by atoms with Crippen molar-refractivity contribution in [2.45, 2.75) is 25.3 Å². The van der Waals surface area contributed by atoms with Crippen LogP contribution in [0.25, 0.3) is 0 Å². The van der Waals surface area contributed by atoms with E-state index in [1.807, 2.05) is 30.3 Å². The zero-order valence-corrected chi connectivity index (χ0v) is 20.1. The van der Waals surface area contributed by atoms with Crippen LogP contribution in [-0.2, 0) is 0 Å². The Kier molecular flexibility index (Phi) is 10.9. The maximum Gasteiger partial charge on any atom is 0.191 e. The smallest absolute Gasteiger partial charge is 0.191 e. The lowest BCUT2D eigenvalue weighted by Crippen LogP contribution is -2.43. The van der Waals surface area contributed by atoms with Gasteiger partial charge < -0.3 is 24.5 Å². The van der Waals surface area contributed by atoms with Crippen LogP contribution in [0.2, 0.25) is 0 Å². The number of guanidine groups is 1. The minimum atomic E-state index is 0. The lowest BCUT2D eigenvalue weighted by atomic mass is 10.2.